The molecule has 0 unspecified atom stereocenters. The average molecular weight is 336 g/mol. The van der Waals surface area contributed by atoms with Crippen LogP contribution < -0.4 is 0 Å². The van der Waals surface area contributed by atoms with Crippen molar-refractivity contribution in [3.8, 4) is 0 Å². The van der Waals surface area contributed by atoms with Crippen LogP contribution in [0, 0.1) is 0 Å². The quantitative estimate of drug-likeness (QED) is 0.799. The van der Waals surface area contributed by atoms with Crippen molar-refractivity contribution in [3.63, 3.8) is 0 Å². The molecule has 0 saturated heterocycles. The predicted octanol–water partition coefficient (Wildman–Crippen LogP) is 5.02. The van der Waals surface area contributed by atoms with Crippen molar-refractivity contribution in [2.24, 2.45) is 0 Å². The van der Waals surface area contributed by atoms with E-state index in [4.69, 9.17) is 23.2 Å². The highest BCUT2D eigenvalue weighted by molar-refractivity contribution is 6.41. The number of aromatic nitrogens is 1. The summed E-state index contributed by atoms with van der Waals surface area (Å²) in [5.74, 6) is 0.540. The largest absolute Gasteiger partial charge is 0.390 e. The molecule has 0 spiro atoms. The van der Waals surface area contributed by atoms with Crippen molar-refractivity contribution in [3.05, 3.63) is 63.9 Å². The van der Waals surface area contributed by atoms with Crippen LogP contribution in [0.2, 0.25) is 10.2 Å². The molecule has 0 atom stereocenters. The molecule has 1 aliphatic rings. The van der Waals surface area contributed by atoms with Gasteiger partial charge in [0.15, 0.2) is 0 Å². The van der Waals surface area contributed by atoms with E-state index in [-0.39, 0.29) is 0 Å². The fourth-order valence-electron chi connectivity index (χ4n) is 3.34. The first kappa shape index (κ1) is 15.8. The zero-order valence-corrected chi connectivity index (χ0v) is 13.8. The molecule has 2 aromatic rings. The maximum atomic E-state index is 10.9. The molecule has 1 aliphatic carbocycles. The number of hydrogen-bond acceptors (Lipinski definition) is 2. The van der Waals surface area contributed by atoms with Crippen LogP contribution in [0.5, 0.6) is 0 Å². The topological polar surface area (TPSA) is 33.1 Å². The molecule has 0 radical (unpaired) electrons. The molecule has 0 aliphatic heterocycles. The third-order valence-electron chi connectivity index (χ3n) is 4.63. The maximum absolute atomic E-state index is 10.9. The van der Waals surface area contributed by atoms with Gasteiger partial charge in [0.25, 0.3) is 0 Å². The smallest absolute Gasteiger partial charge is 0.147 e. The second kappa shape index (κ2) is 6.57. The Morgan fingerprint density at radius 3 is 2.45 bits per heavy atom. The van der Waals surface area contributed by atoms with Gasteiger partial charge in [0, 0.05) is 12.6 Å². The van der Waals surface area contributed by atoms with Crippen LogP contribution in [-0.4, -0.2) is 15.7 Å². The van der Waals surface area contributed by atoms with Crippen LogP contribution >= 0.6 is 23.2 Å². The summed E-state index contributed by atoms with van der Waals surface area (Å²) in [6.07, 6.45) is 5.73. The predicted molar refractivity (Wildman–Crippen MR) is 90.6 cm³/mol. The lowest BCUT2D eigenvalue weighted by atomic mass is 9.74. The molecule has 116 valence electrons. The van der Waals surface area contributed by atoms with Crippen LogP contribution in [0.1, 0.15) is 42.7 Å². The lowest BCUT2D eigenvalue weighted by molar-refractivity contribution is -0.000451. The van der Waals surface area contributed by atoms with Gasteiger partial charge in [0.1, 0.15) is 5.15 Å². The van der Waals surface area contributed by atoms with Crippen LogP contribution in [0.25, 0.3) is 0 Å². The van der Waals surface area contributed by atoms with Crippen molar-refractivity contribution < 1.29 is 5.11 Å². The first-order valence-corrected chi connectivity index (χ1v) is 8.39. The molecule has 2 nitrogen and oxygen atoms in total. The summed E-state index contributed by atoms with van der Waals surface area (Å²) in [5.41, 5.74) is 1.55. The molecule has 4 heteroatoms. The van der Waals surface area contributed by atoms with Gasteiger partial charge >= 0.3 is 0 Å². The second-order valence-corrected chi connectivity index (χ2v) is 6.90. The standard InChI is InChI=1S/C18H19Cl2NO/c19-16-15(8-11-21-17(16)20)12-18(22)9-6-14(7-10-18)13-4-2-1-3-5-13/h1-5,8,11,14,22H,6-7,9-10,12H2. The van der Waals surface area contributed by atoms with E-state index in [2.05, 4.69) is 29.2 Å². The Kier molecular flexibility index (Phi) is 4.72. The van der Waals surface area contributed by atoms with E-state index in [1.54, 1.807) is 6.20 Å². The van der Waals surface area contributed by atoms with Gasteiger partial charge in [-0.1, -0.05) is 53.5 Å². The Labute approximate surface area is 141 Å². The van der Waals surface area contributed by atoms with E-state index in [1.165, 1.54) is 5.56 Å². The molecule has 1 aromatic heterocycles. The number of pyridine rings is 1. The van der Waals surface area contributed by atoms with Crippen molar-refractivity contribution in [2.45, 2.75) is 43.6 Å². The number of rotatable bonds is 3. The minimum atomic E-state index is -0.695. The van der Waals surface area contributed by atoms with Gasteiger partial charge in [-0.15, -0.1) is 0 Å². The maximum Gasteiger partial charge on any atom is 0.147 e. The van der Waals surface area contributed by atoms with E-state index in [0.29, 0.717) is 22.5 Å². The van der Waals surface area contributed by atoms with E-state index in [1.807, 2.05) is 12.1 Å². The van der Waals surface area contributed by atoms with Gasteiger partial charge in [-0.2, -0.15) is 0 Å². The second-order valence-electron chi connectivity index (χ2n) is 6.16. The van der Waals surface area contributed by atoms with E-state index in [0.717, 1.165) is 31.2 Å². The molecular weight excluding hydrogens is 317 g/mol. The van der Waals surface area contributed by atoms with Gasteiger partial charge < -0.3 is 5.11 Å². The molecule has 0 bridgehead atoms. The van der Waals surface area contributed by atoms with Gasteiger partial charge in [0.05, 0.1) is 10.6 Å². The average Bonchev–Trinajstić information content (AvgIpc) is 2.53. The third kappa shape index (κ3) is 3.45. The zero-order chi connectivity index (χ0) is 15.6. The van der Waals surface area contributed by atoms with Gasteiger partial charge in [0.2, 0.25) is 0 Å². The Hall–Kier alpha value is -1.09. The Morgan fingerprint density at radius 1 is 1.09 bits per heavy atom. The first-order valence-electron chi connectivity index (χ1n) is 7.64. The van der Waals surface area contributed by atoms with E-state index < -0.39 is 5.60 Å². The van der Waals surface area contributed by atoms with Crippen LogP contribution in [0.3, 0.4) is 0 Å². The lowest BCUT2D eigenvalue weighted by Gasteiger charge is -2.36. The molecule has 1 saturated carbocycles. The van der Waals surface area contributed by atoms with Crippen molar-refractivity contribution >= 4 is 23.2 Å². The Bertz CT molecular complexity index is 637. The normalized spacial score (nSPS) is 25.1. The van der Waals surface area contributed by atoms with Gasteiger partial charge in [-0.25, -0.2) is 4.98 Å². The summed E-state index contributed by atoms with van der Waals surface area (Å²) < 4.78 is 0. The highest BCUT2D eigenvalue weighted by Gasteiger charge is 2.34. The highest BCUT2D eigenvalue weighted by Crippen LogP contribution is 2.40. The van der Waals surface area contributed by atoms with Crippen LogP contribution in [-0.2, 0) is 6.42 Å². The highest BCUT2D eigenvalue weighted by atomic mass is 35.5. The number of benzene rings is 1. The molecule has 3 rings (SSSR count). The number of nitrogens with zero attached hydrogens (tertiary/aromatic N) is 1. The summed E-state index contributed by atoms with van der Waals surface area (Å²) in [6.45, 7) is 0. The van der Waals surface area contributed by atoms with Gasteiger partial charge in [-0.05, 0) is 48.8 Å². The minimum absolute atomic E-state index is 0.306. The zero-order valence-electron chi connectivity index (χ0n) is 12.3. The van der Waals surface area contributed by atoms with Crippen LogP contribution in [0.15, 0.2) is 42.6 Å². The SMILES string of the molecule is OC1(Cc2ccnc(Cl)c2Cl)CCC(c2ccccc2)CC1. The summed E-state index contributed by atoms with van der Waals surface area (Å²) in [6, 6.07) is 12.4. The lowest BCUT2D eigenvalue weighted by Crippen LogP contribution is -2.35. The third-order valence-corrected chi connectivity index (χ3v) is 5.44. The summed E-state index contributed by atoms with van der Waals surface area (Å²) in [5, 5.41) is 11.6. The first-order chi connectivity index (χ1) is 10.6. The minimum Gasteiger partial charge on any atom is -0.390 e. The fourth-order valence-corrected chi connectivity index (χ4v) is 3.69. The van der Waals surface area contributed by atoms with Gasteiger partial charge in [-0.3, -0.25) is 0 Å². The summed E-state index contributed by atoms with van der Waals surface area (Å²) >= 11 is 12.1. The van der Waals surface area contributed by atoms with Crippen molar-refractivity contribution in [1.82, 2.24) is 4.98 Å². The summed E-state index contributed by atoms with van der Waals surface area (Å²) in [7, 11) is 0. The number of hydrogen-bond donors (Lipinski definition) is 1. The van der Waals surface area contributed by atoms with E-state index in [9.17, 15) is 5.11 Å². The molecule has 22 heavy (non-hydrogen) atoms. The summed E-state index contributed by atoms with van der Waals surface area (Å²) in [4.78, 5) is 3.96. The monoisotopic (exact) mass is 335 g/mol. The van der Waals surface area contributed by atoms with Crippen molar-refractivity contribution in [2.75, 3.05) is 0 Å². The van der Waals surface area contributed by atoms with Crippen LogP contribution in [0.4, 0.5) is 0 Å². The Balaban J connectivity index is 1.68. The molecule has 1 fully saturated rings. The number of halogens is 2. The molecule has 1 heterocycles. The Morgan fingerprint density at radius 2 is 1.77 bits per heavy atom. The molecule has 1 N–H and O–H groups in total. The van der Waals surface area contributed by atoms with E-state index >= 15 is 0 Å². The molecular formula is C18H19Cl2NO. The molecule has 1 aromatic carbocycles. The molecule has 0 amide bonds. The van der Waals surface area contributed by atoms with Crippen molar-refractivity contribution in [1.29, 1.82) is 0 Å². The number of aliphatic hydroxyl groups is 1. The fraction of sp³-hybridized carbons (Fsp3) is 0.389.